The van der Waals surface area contributed by atoms with Crippen molar-refractivity contribution < 1.29 is 14.3 Å². The molecule has 4 nitrogen and oxygen atoms in total. The zero-order chi connectivity index (χ0) is 8.10. The number of hydrogen-bond acceptors (Lipinski definition) is 4. The molecule has 0 amide bonds. The first kappa shape index (κ1) is 8.49. The number of carbonyl (C=O) groups is 1. The van der Waals surface area contributed by atoms with E-state index in [1.54, 1.807) is 7.05 Å². The Bertz CT molecular complexity index is 132. The second-order valence-corrected chi connectivity index (χ2v) is 2.51. The number of likely N-dealkylation sites (N-methyl/N-ethyl adjacent to an activating group) is 1. The molecule has 1 rings (SSSR count). The molecule has 1 unspecified atom stereocenters. The molecule has 1 saturated heterocycles. The highest BCUT2D eigenvalue weighted by atomic mass is 16.6. The molecular weight excluding hydrogens is 146 g/mol. The van der Waals surface area contributed by atoms with Gasteiger partial charge in [0.1, 0.15) is 6.10 Å². The smallest absolute Gasteiger partial charge is 0.320 e. The van der Waals surface area contributed by atoms with E-state index in [-0.39, 0.29) is 18.6 Å². The summed E-state index contributed by atoms with van der Waals surface area (Å²) in [4.78, 5) is 10.9. The van der Waals surface area contributed by atoms with Crippen molar-refractivity contribution in [1.82, 2.24) is 5.32 Å². The molecule has 1 aliphatic heterocycles. The van der Waals surface area contributed by atoms with Crippen LogP contribution in [0.25, 0.3) is 0 Å². The minimum absolute atomic E-state index is 0.0177. The third-order valence-corrected chi connectivity index (χ3v) is 1.51. The molecule has 0 saturated carbocycles. The third-order valence-electron chi connectivity index (χ3n) is 1.51. The highest BCUT2D eigenvalue weighted by molar-refractivity contribution is 5.71. The van der Waals surface area contributed by atoms with Crippen LogP contribution >= 0.6 is 0 Å². The molecule has 11 heavy (non-hydrogen) atoms. The lowest BCUT2D eigenvalue weighted by Gasteiger charge is -2.08. The summed E-state index contributed by atoms with van der Waals surface area (Å²) in [6.07, 6.45) is 0.811. The molecule has 0 aliphatic carbocycles. The fourth-order valence-corrected chi connectivity index (χ4v) is 0.978. The van der Waals surface area contributed by atoms with Crippen molar-refractivity contribution in [2.75, 3.05) is 26.8 Å². The summed E-state index contributed by atoms with van der Waals surface area (Å²) in [5, 5.41) is 2.73. The Labute approximate surface area is 65.9 Å². The van der Waals surface area contributed by atoms with E-state index < -0.39 is 0 Å². The van der Waals surface area contributed by atoms with Gasteiger partial charge in [0.05, 0.1) is 19.8 Å². The van der Waals surface area contributed by atoms with Gasteiger partial charge >= 0.3 is 5.97 Å². The van der Waals surface area contributed by atoms with Gasteiger partial charge in [0.15, 0.2) is 0 Å². The van der Waals surface area contributed by atoms with Crippen molar-refractivity contribution in [3.63, 3.8) is 0 Å². The van der Waals surface area contributed by atoms with Gasteiger partial charge in [-0.3, -0.25) is 4.79 Å². The van der Waals surface area contributed by atoms with Gasteiger partial charge in [-0.2, -0.15) is 0 Å². The van der Waals surface area contributed by atoms with E-state index in [9.17, 15) is 4.79 Å². The van der Waals surface area contributed by atoms with Gasteiger partial charge in [0.2, 0.25) is 0 Å². The lowest BCUT2D eigenvalue weighted by molar-refractivity contribution is -0.147. The lowest BCUT2D eigenvalue weighted by atomic mass is 10.3. The predicted molar refractivity (Wildman–Crippen MR) is 39.2 cm³/mol. The van der Waals surface area contributed by atoms with E-state index >= 15 is 0 Å². The minimum Gasteiger partial charge on any atom is -0.459 e. The standard InChI is InChI=1S/C7H13NO3/c1-8-4-7(9)11-6-2-3-10-5-6/h6,8H,2-5H2,1H3. The highest BCUT2D eigenvalue weighted by Gasteiger charge is 2.18. The van der Waals surface area contributed by atoms with Crippen LogP contribution in [0.5, 0.6) is 0 Å². The number of hydrogen-bond donors (Lipinski definition) is 1. The molecule has 0 aromatic carbocycles. The fraction of sp³-hybridized carbons (Fsp3) is 0.857. The topological polar surface area (TPSA) is 47.6 Å². The van der Waals surface area contributed by atoms with Gasteiger partial charge in [-0.1, -0.05) is 0 Å². The zero-order valence-electron chi connectivity index (χ0n) is 6.63. The SMILES string of the molecule is CNCC(=O)OC1CCOC1. The largest absolute Gasteiger partial charge is 0.459 e. The van der Waals surface area contributed by atoms with Crippen LogP contribution in [0, 0.1) is 0 Å². The monoisotopic (exact) mass is 159 g/mol. The molecule has 0 spiro atoms. The maximum atomic E-state index is 10.9. The van der Waals surface area contributed by atoms with Crippen LogP contribution in [-0.4, -0.2) is 38.9 Å². The highest BCUT2D eigenvalue weighted by Crippen LogP contribution is 2.07. The molecule has 64 valence electrons. The Morgan fingerprint density at radius 1 is 1.82 bits per heavy atom. The molecule has 4 heteroatoms. The van der Waals surface area contributed by atoms with Crippen molar-refractivity contribution in [3.8, 4) is 0 Å². The number of esters is 1. The normalized spacial score (nSPS) is 23.5. The van der Waals surface area contributed by atoms with E-state index in [2.05, 4.69) is 5.32 Å². The van der Waals surface area contributed by atoms with Crippen molar-refractivity contribution in [2.24, 2.45) is 0 Å². The van der Waals surface area contributed by atoms with Gasteiger partial charge in [-0.15, -0.1) is 0 Å². The number of rotatable bonds is 3. The second kappa shape index (κ2) is 4.31. The molecule has 0 aromatic rings. The van der Waals surface area contributed by atoms with Crippen molar-refractivity contribution in [2.45, 2.75) is 12.5 Å². The summed E-state index contributed by atoms with van der Waals surface area (Å²) in [6, 6.07) is 0. The van der Waals surface area contributed by atoms with Crippen LogP contribution in [-0.2, 0) is 14.3 Å². The first-order valence-corrected chi connectivity index (χ1v) is 3.74. The molecule has 1 fully saturated rings. The van der Waals surface area contributed by atoms with Gasteiger partial charge in [0, 0.05) is 6.42 Å². The Morgan fingerprint density at radius 3 is 3.18 bits per heavy atom. The van der Waals surface area contributed by atoms with E-state index in [1.165, 1.54) is 0 Å². The summed E-state index contributed by atoms with van der Waals surface area (Å²) in [5.41, 5.74) is 0. The van der Waals surface area contributed by atoms with Crippen LogP contribution in [0.1, 0.15) is 6.42 Å². The summed E-state index contributed by atoms with van der Waals surface area (Å²) in [6.45, 7) is 1.53. The average Bonchev–Trinajstić information content (AvgIpc) is 2.40. The van der Waals surface area contributed by atoms with Gasteiger partial charge in [0.25, 0.3) is 0 Å². The first-order valence-electron chi connectivity index (χ1n) is 3.74. The molecule has 1 atom stereocenters. The van der Waals surface area contributed by atoms with Crippen LogP contribution in [0.15, 0.2) is 0 Å². The molecule has 0 bridgehead atoms. The molecule has 0 radical (unpaired) electrons. The number of nitrogens with one attached hydrogen (secondary N) is 1. The number of ether oxygens (including phenoxy) is 2. The van der Waals surface area contributed by atoms with Crippen LogP contribution in [0.4, 0.5) is 0 Å². The van der Waals surface area contributed by atoms with Crippen LogP contribution in [0.2, 0.25) is 0 Å². The van der Waals surface area contributed by atoms with Crippen molar-refractivity contribution >= 4 is 5.97 Å². The second-order valence-electron chi connectivity index (χ2n) is 2.51. The number of carbonyl (C=O) groups excluding carboxylic acids is 1. The Kier molecular flexibility index (Phi) is 3.32. The average molecular weight is 159 g/mol. The van der Waals surface area contributed by atoms with E-state index in [0.29, 0.717) is 13.2 Å². The summed E-state index contributed by atoms with van der Waals surface area (Å²) >= 11 is 0. The first-order chi connectivity index (χ1) is 5.33. The van der Waals surface area contributed by atoms with E-state index in [1.807, 2.05) is 0 Å². The molecule has 1 heterocycles. The van der Waals surface area contributed by atoms with Crippen LogP contribution in [0.3, 0.4) is 0 Å². The van der Waals surface area contributed by atoms with Crippen molar-refractivity contribution in [3.05, 3.63) is 0 Å². The molecular formula is C7H13NO3. The summed E-state index contributed by atoms with van der Waals surface area (Å²) in [5.74, 6) is -0.206. The quantitative estimate of drug-likeness (QED) is 0.566. The lowest BCUT2D eigenvalue weighted by Crippen LogP contribution is -2.26. The Morgan fingerprint density at radius 2 is 2.64 bits per heavy atom. The third kappa shape index (κ3) is 2.86. The Balaban J connectivity index is 2.13. The van der Waals surface area contributed by atoms with Gasteiger partial charge < -0.3 is 14.8 Å². The van der Waals surface area contributed by atoms with Crippen molar-refractivity contribution in [1.29, 1.82) is 0 Å². The van der Waals surface area contributed by atoms with Gasteiger partial charge in [-0.05, 0) is 7.05 Å². The molecule has 1 N–H and O–H groups in total. The minimum atomic E-state index is -0.206. The zero-order valence-corrected chi connectivity index (χ0v) is 6.63. The molecule has 1 aliphatic rings. The van der Waals surface area contributed by atoms with E-state index in [0.717, 1.165) is 6.42 Å². The Hall–Kier alpha value is -0.610. The molecule has 0 aromatic heterocycles. The maximum Gasteiger partial charge on any atom is 0.320 e. The summed E-state index contributed by atoms with van der Waals surface area (Å²) < 4.78 is 10.1. The van der Waals surface area contributed by atoms with Gasteiger partial charge in [-0.25, -0.2) is 0 Å². The predicted octanol–water partition coefficient (Wildman–Crippen LogP) is -0.462. The fourth-order valence-electron chi connectivity index (χ4n) is 0.978. The summed E-state index contributed by atoms with van der Waals surface area (Å²) in [7, 11) is 1.71. The maximum absolute atomic E-state index is 10.9. The van der Waals surface area contributed by atoms with Crippen LogP contribution < -0.4 is 5.32 Å². The van der Waals surface area contributed by atoms with E-state index in [4.69, 9.17) is 9.47 Å².